The first-order valence-corrected chi connectivity index (χ1v) is 17.0. The van der Waals surface area contributed by atoms with Gasteiger partial charge in [-0.1, -0.05) is 18.2 Å². The van der Waals surface area contributed by atoms with Crippen molar-refractivity contribution in [3.8, 4) is 22.3 Å². The minimum Gasteiger partial charge on any atom is -0.351 e. The highest BCUT2D eigenvalue weighted by atomic mass is 16.2. The Bertz CT molecular complexity index is 2010. The van der Waals surface area contributed by atoms with Crippen molar-refractivity contribution in [1.82, 2.24) is 25.8 Å². The fourth-order valence-electron chi connectivity index (χ4n) is 6.06. The molecule has 51 heavy (non-hydrogen) atoms. The Morgan fingerprint density at radius 2 is 0.863 bits per heavy atom. The van der Waals surface area contributed by atoms with Crippen LogP contribution in [-0.2, 0) is 6.54 Å². The van der Waals surface area contributed by atoms with Crippen LogP contribution in [0.2, 0.25) is 0 Å². The molecule has 4 aromatic carbocycles. The van der Waals surface area contributed by atoms with E-state index in [9.17, 15) is 19.2 Å². The predicted octanol–water partition coefficient (Wildman–Crippen LogP) is 1.90. The molecule has 12 N–H and O–H groups in total. The third-order valence-electron chi connectivity index (χ3n) is 8.48. The van der Waals surface area contributed by atoms with Gasteiger partial charge in [0.25, 0.3) is 23.6 Å². The molecule has 0 saturated carbocycles. The second kappa shape index (κ2) is 16.9. The lowest BCUT2D eigenvalue weighted by Gasteiger charge is -2.12. The van der Waals surface area contributed by atoms with Gasteiger partial charge in [-0.25, -0.2) is 0 Å². The Hall–Kier alpha value is -5.60. The van der Waals surface area contributed by atoms with Gasteiger partial charge in [0.05, 0.1) is 0 Å². The molecule has 0 radical (unpaired) electrons. The maximum absolute atomic E-state index is 13.0. The number of benzene rings is 4. The number of nitrogens with one attached hydrogen (secondary N) is 4. The minimum atomic E-state index is -0.327. The molecule has 4 amide bonds. The molecule has 1 heterocycles. The van der Waals surface area contributed by atoms with E-state index in [4.69, 9.17) is 22.9 Å². The lowest BCUT2D eigenvalue weighted by molar-refractivity contribution is 0.0939. The summed E-state index contributed by atoms with van der Waals surface area (Å²) >= 11 is 0. The number of amides is 4. The second-order valence-corrected chi connectivity index (χ2v) is 12.0. The lowest BCUT2D eigenvalue weighted by Crippen LogP contribution is -2.31. The summed E-state index contributed by atoms with van der Waals surface area (Å²) in [7, 11) is 0. The average Bonchev–Trinajstić information content (AvgIpc) is 3.48. The summed E-state index contributed by atoms with van der Waals surface area (Å²) in [4.78, 5) is 52.0. The Morgan fingerprint density at radius 1 is 0.471 bits per heavy atom. The number of fused-ring (bicyclic) bond motifs is 3. The molecule has 0 aliphatic rings. The molecular formula is C38H45N9O4. The van der Waals surface area contributed by atoms with E-state index in [1.165, 1.54) is 0 Å². The van der Waals surface area contributed by atoms with Crippen molar-refractivity contribution >= 4 is 45.4 Å². The summed E-state index contributed by atoms with van der Waals surface area (Å²) in [5, 5.41) is 13.1. The summed E-state index contributed by atoms with van der Waals surface area (Å²) in [6.07, 6.45) is 0. The first-order valence-electron chi connectivity index (χ1n) is 17.0. The van der Waals surface area contributed by atoms with E-state index in [2.05, 4.69) is 44.9 Å². The van der Waals surface area contributed by atoms with Crippen molar-refractivity contribution in [2.75, 3.05) is 52.4 Å². The van der Waals surface area contributed by atoms with Crippen molar-refractivity contribution < 1.29 is 19.2 Å². The van der Waals surface area contributed by atoms with E-state index < -0.39 is 0 Å². The topological polar surface area (TPSA) is 225 Å². The highest BCUT2D eigenvalue weighted by molar-refractivity contribution is 6.11. The SMILES string of the molecule is CCn1c2ccc(-c3cc(C(=O)NCCN)cc(C(=O)NCCN)c3)cc2c2ccc(-c3cc(C(=O)NCCN)cc(C(=O)NCCN)c3)cc21. The summed E-state index contributed by atoms with van der Waals surface area (Å²) in [5.41, 5.74) is 28.8. The van der Waals surface area contributed by atoms with Crippen molar-refractivity contribution in [3.05, 3.63) is 95.1 Å². The van der Waals surface area contributed by atoms with E-state index in [0.717, 1.165) is 32.9 Å². The predicted molar refractivity (Wildman–Crippen MR) is 202 cm³/mol. The molecule has 0 unspecified atom stereocenters. The molecule has 0 atom stereocenters. The maximum atomic E-state index is 13.0. The van der Waals surface area contributed by atoms with Gasteiger partial charge in [-0.15, -0.1) is 0 Å². The normalized spacial score (nSPS) is 11.1. The summed E-state index contributed by atoms with van der Waals surface area (Å²) < 4.78 is 2.20. The number of hydrogen-bond acceptors (Lipinski definition) is 8. The Balaban J connectivity index is 1.62. The van der Waals surface area contributed by atoms with Gasteiger partial charge in [0.15, 0.2) is 0 Å². The lowest BCUT2D eigenvalue weighted by atomic mass is 9.96. The van der Waals surface area contributed by atoms with E-state index in [1.807, 2.05) is 24.3 Å². The zero-order valence-electron chi connectivity index (χ0n) is 28.7. The van der Waals surface area contributed by atoms with Crippen molar-refractivity contribution in [1.29, 1.82) is 0 Å². The molecule has 1 aromatic heterocycles. The highest BCUT2D eigenvalue weighted by Gasteiger charge is 2.18. The molecule has 0 aliphatic heterocycles. The third-order valence-corrected chi connectivity index (χ3v) is 8.48. The molecule has 0 fully saturated rings. The number of nitrogens with zero attached hydrogens (tertiary/aromatic N) is 1. The first kappa shape index (κ1) is 36.7. The Kier molecular flexibility index (Phi) is 12.1. The van der Waals surface area contributed by atoms with Crippen molar-refractivity contribution in [3.63, 3.8) is 0 Å². The van der Waals surface area contributed by atoms with E-state index in [-0.39, 0.29) is 49.8 Å². The summed E-state index contributed by atoms with van der Waals surface area (Å²) in [5.74, 6) is -1.31. The number of carbonyl (C=O) groups excluding carboxylic acids is 4. The number of aromatic nitrogens is 1. The van der Waals surface area contributed by atoms with Gasteiger partial charge in [-0.05, 0) is 83.8 Å². The number of carbonyl (C=O) groups is 4. The molecular weight excluding hydrogens is 646 g/mol. The molecule has 0 aliphatic carbocycles. The van der Waals surface area contributed by atoms with E-state index in [1.54, 1.807) is 36.4 Å². The van der Waals surface area contributed by atoms with Gasteiger partial charge in [-0.2, -0.15) is 0 Å². The van der Waals surface area contributed by atoms with Crippen LogP contribution < -0.4 is 44.2 Å². The van der Waals surface area contributed by atoms with Gasteiger partial charge < -0.3 is 48.8 Å². The van der Waals surface area contributed by atoms with Crippen LogP contribution in [0.3, 0.4) is 0 Å². The summed E-state index contributed by atoms with van der Waals surface area (Å²) in [6.45, 7) is 5.11. The molecule has 13 nitrogen and oxygen atoms in total. The fourth-order valence-corrected chi connectivity index (χ4v) is 6.06. The van der Waals surface area contributed by atoms with Crippen LogP contribution in [0.25, 0.3) is 44.1 Å². The molecule has 0 spiro atoms. The van der Waals surface area contributed by atoms with Crippen LogP contribution in [0.5, 0.6) is 0 Å². The highest BCUT2D eigenvalue weighted by Crippen LogP contribution is 2.36. The number of rotatable bonds is 15. The van der Waals surface area contributed by atoms with Gasteiger partial charge in [0, 0.05) is 103 Å². The van der Waals surface area contributed by atoms with Crippen LogP contribution in [0.4, 0.5) is 0 Å². The summed E-state index contributed by atoms with van der Waals surface area (Å²) in [6, 6.07) is 22.3. The Labute approximate surface area is 296 Å². The van der Waals surface area contributed by atoms with E-state index in [0.29, 0.717) is 66.1 Å². The second-order valence-electron chi connectivity index (χ2n) is 12.0. The number of hydrogen-bond donors (Lipinski definition) is 8. The molecule has 266 valence electrons. The molecule has 0 saturated heterocycles. The first-order chi connectivity index (χ1) is 24.7. The van der Waals surface area contributed by atoms with Gasteiger partial charge in [0.2, 0.25) is 0 Å². The van der Waals surface area contributed by atoms with Crippen LogP contribution >= 0.6 is 0 Å². The number of aryl methyl sites for hydroxylation is 1. The molecule has 0 bridgehead atoms. The number of nitrogens with two attached hydrogens (primary N) is 4. The van der Waals surface area contributed by atoms with Gasteiger partial charge >= 0.3 is 0 Å². The minimum absolute atomic E-state index is 0.288. The van der Waals surface area contributed by atoms with Gasteiger partial charge in [0.1, 0.15) is 0 Å². The van der Waals surface area contributed by atoms with Crippen LogP contribution in [-0.4, -0.2) is 80.6 Å². The van der Waals surface area contributed by atoms with E-state index >= 15 is 0 Å². The third kappa shape index (κ3) is 8.24. The average molecular weight is 692 g/mol. The van der Waals surface area contributed by atoms with Crippen molar-refractivity contribution in [2.45, 2.75) is 13.5 Å². The monoisotopic (exact) mass is 691 g/mol. The van der Waals surface area contributed by atoms with Crippen LogP contribution in [0.1, 0.15) is 48.4 Å². The molecule has 5 rings (SSSR count). The standard InChI is InChI=1S/C38H45N9O4/c1-2-47-33-6-4-23(25-15-27(35(48)43-11-7-39)19-28(16-25)36(49)44-12-8-40)21-32(33)31-5-3-24(22-34(31)47)26-17-29(37(50)45-13-9-41)20-30(18-26)38(51)46-14-10-42/h3-6,15-22H,2,7-14,39-42H2,1H3,(H,43,48)(H,44,49)(H,45,50)(H,46,51). The van der Waals surface area contributed by atoms with Gasteiger partial charge in [-0.3, -0.25) is 19.2 Å². The molecule has 13 heteroatoms. The van der Waals surface area contributed by atoms with Crippen molar-refractivity contribution in [2.24, 2.45) is 22.9 Å². The quantitative estimate of drug-likeness (QED) is 0.0807. The maximum Gasteiger partial charge on any atom is 0.251 e. The van der Waals surface area contributed by atoms with Crippen LogP contribution in [0, 0.1) is 0 Å². The molecule has 5 aromatic rings. The zero-order valence-corrected chi connectivity index (χ0v) is 28.7. The van der Waals surface area contributed by atoms with Crippen LogP contribution in [0.15, 0.2) is 72.8 Å². The zero-order chi connectivity index (χ0) is 36.5. The fraction of sp³-hybridized carbons (Fsp3) is 0.263. The smallest absolute Gasteiger partial charge is 0.251 e. The largest absolute Gasteiger partial charge is 0.351 e. The Morgan fingerprint density at radius 3 is 1.25 bits per heavy atom.